The molecular formula is C16H26N2O. The maximum Gasteiger partial charge on any atom is 0.226 e. The van der Waals surface area contributed by atoms with Crippen molar-refractivity contribution in [2.24, 2.45) is 5.92 Å². The molecule has 3 nitrogen and oxygen atoms in total. The van der Waals surface area contributed by atoms with E-state index in [4.69, 9.17) is 5.26 Å². The normalized spacial score (nSPS) is 22.5. The topological polar surface area (TPSA) is 44.1 Å². The smallest absolute Gasteiger partial charge is 0.226 e. The fraction of sp³-hybridized carbons (Fsp3) is 0.875. The average Bonchev–Trinajstić information content (AvgIpc) is 2.88. The fourth-order valence-electron chi connectivity index (χ4n) is 3.62. The van der Waals surface area contributed by atoms with Crippen molar-refractivity contribution < 1.29 is 4.79 Å². The molecule has 3 heteroatoms. The fourth-order valence-corrected chi connectivity index (χ4v) is 3.62. The summed E-state index contributed by atoms with van der Waals surface area (Å²) in [6.07, 6.45) is 12.9. The van der Waals surface area contributed by atoms with Crippen LogP contribution in [-0.4, -0.2) is 23.4 Å². The van der Waals surface area contributed by atoms with Crippen molar-refractivity contribution in [1.82, 2.24) is 4.90 Å². The zero-order valence-corrected chi connectivity index (χ0v) is 11.9. The van der Waals surface area contributed by atoms with Crippen LogP contribution in [0.3, 0.4) is 0 Å². The van der Waals surface area contributed by atoms with Crippen LogP contribution in [0.5, 0.6) is 0 Å². The van der Waals surface area contributed by atoms with E-state index in [0.29, 0.717) is 12.6 Å². The number of carbonyl (C=O) groups is 1. The van der Waals surface area contributed by atoms with Gasteiger partial charge in [0.05, 0.1) is 6.07 Å². The van der Waals surface area contributed by atoms with Crippen LogP contribution in [0, 0.1) is 17.2 Å². The Morgan fingerprint density at radius 3 is 2.05 bits per heavy atom. The summed E-state index contributed by atoms with van der Waals surface area (Å²) >= 11 is 0. The van der Waals surface area contributed by atoms with Gasteiger partial charge in [-0.25, -0.2) is 0 Å². The molecule has 2 aliphatic carbocycles. The number of amides is 1. The zero-order valence-electron chi connectivity index (χ0n) is 11.9. The Hall–Kier alpha value is -1.04. The van der Waals surface area contributed by atoms with E-state index in [1.165, 1.54) is 44.9 Å². The van der Waals surface area contributed by atoms with E-state index in [1.807, 2.05) is 4.90 Å². The van der Waals surface area contributed by atoms with Gasteiger partial charge in [-0.05, 0) is 25.7 Å². The van der Waals surface area contributed by atoms with Gasteiger partial charge in [0, 0.05) is 12.0 Å². The molecule has 0 unspecified atom stereocenters. The van der Waals surface area contributed by atoms with Crippen molar-refractivity contribution in [1.29, 1.82) is 5.26 Å². The lowest BCUT2D eigenvalue weighted by atomic mass is 9.89. The highest BCUT2D eigenvalue weighted by Crippen LogP contribution is 2.28. The van der Waals surface area contributed by atoms with Crippen LogP contribution in [0.15, 0.2) is 0 Å². The third-order valence-electron chi connectivity index (χ3n) is 4.74. The second-order valence-corrected chi connectivity index (χ2v) is 6.10. The minimum Gasteiger partial charge on any atom is -0.326 e. The van der Waals surface area contributed by atoms with Crippen molar-refractivity contribution in [2.75, 3.05) is 6.54 Å². The number of nitriles is 1. The van der Waals surface area contributed by atoms with Gasteiger partial charge in [0.15, 0.2) is 0 Å². The molecule has 1 amide bonds. The molecule has 0 radical (unpaired) electrons. The average molecular weight is 262 g/mol. The van der Waals surface area contributed by atoms with E-state index in [9.17, 15) is 4.79 Å². The van der Waals surface area contributed by atoms with E-state index in [0.717, 1.165) is 25.7 Å². The van der Waals surface area contributed by atoms with E-state index < -0.39 is 0 Å². The Bertz CT molecular complexity index is 320. The Morgan fingerprint density at radius 2 is 1.47 bits per heavy atom. The molecule has 19 heavy (non-hydrogen) atoms. The second-order valence-electron chi connectivity index (χ2n) is 6.10. The molecule has 0 bridgehead atoms. The van der Waals surface area contributed by atoms with Crippen LogP contribution in [0.2, 0.25) is 0 Å². The number of hydrogen-bond acceptors (Lipinski definition) is 2. The lowest BCUT2D eigenvalue weighted by Crippen LogP contribution is -2.42. The summed E-state index contributed by atoms with van der Waals surface area (Å²) in [7, 11) is 0. The van der Waals surface area contributed by atoms with Gasteiger partial charge in [-0.15, -0.1) is 0 Å². The quantitative estimate of drug-likeness (QED) is 0.729. The number of carbonyl (C=O) groups excluding carboxylic acids is 1. The highest BCUT2D eigenvalue weighted by molar-refractivity contribution is 5.79. The van der Waals surface area contributed by atoms with Gasteiger partial charge in [-0.1, -0.05) is 44.9 Å². The van der Waals surface area contributed by atoms with Crippen LogP contribution in [-0.2, 0) is 4.79 Å². The first-order valence-electron chi connectivity index (χ1n) is 8.00. The molecule has 2 fully saturated rings. The molecule has 0 atom stereocenters. The molecule has 2 rings (SSSR count). The molecule has 2 aliphatic rings. The maximum atomic E-state index is 12.7. The molecule has 0 spiro atoms. The predicted octanol–water partition coefficient (Wildman–Crippen LogP) is 3.64. The molecule has 0 heterocycles. The van der Waals surface area contributed by atoms with Crippen LogP contribution in [0.1, 0.15) is 70.6 Å². The van der Waals surface area contributed by atoms with Gasteiger partial charge < -0.3 is 4.90 Å². The van der Waals surface area contributed by atoms with Crippen molar-refractivity contribution in [3.63, 3.8) is 0 Å². The molecule has 2 saturated carbocycles. The molecule has 0 N–H and O–H groups in total. The summed E-state index contributed by atoms with van der Waals surface area (Å²) in [6.45, 7) is 0.292. The largest absolute Gasteiger partial charge is 0.326 e. The Balaban J connectivity index is 1.98. The van der Waals surface area contributed by atoms with Gasteiger partial charge in [0.1, 0.15) is 6.54 Å². The van der Waals surface area contributed by atoms with E-state index >= 15 is 0 Å². The molecule has 0 saturated heterocycles. The minimum absolute atomic E-state index is 0.189. The number of nitrogens with zero attached hydrogens (tertiary/aromatic N) is 2. The zero-order chi connectivity index (χ0) is 13.5. The van der Waals surface area contributed by atoms with Crippen molar-refractivity contribution in [3.05, 3.63) is 0 Å². The molecule has 0 aliphatic heterocycles. The van der Waals surface area contributed by atoms with Gasteiger partial charge in [0.2, 0.25) is 5.91 Å². The highest BCUT2D eigenvalue weighted by Gasteiger charge is 2.31. The van der Waals surface area contributed by atoms with Crippen LogP contribution in [0.25, 0.3) is 0 Å². The molecule has 0 aromatic carbocycles. The Labute approximate surface area is 117 Å². The summed E-state index contributed by atoms with van der Waals surface area (Å²) < 4.78 is 0. The second kappa shape index (κ2) is 7.53. The van der Waals surface area contributed by atoms with Crippen LogP contribution < -0.4 is 0 Å². The van der Waals surface area contributed by atoms with E-state index in [2.05, 4.69) is 6.07 Å². The maximum absolute atomic E-state index is 12.7. The molecule has 0 aromatic heterocycles. The van der Waals surface area contributed by atoms with E-state index in [-0.39, 0.29) is 11.8 Å². The molecule has 106 valence electrons. The highest BCUT2D eigenvalue weighted by atomic mass is 16.2. The van der Waals surface area contributed by atoms with Gasteiger partial charge in [-0.3, -0.25) is 4.79 Å². The SMILES string of the molecule is N#CCN(C(=O)C1CCCCCCC1)C1CCCC1. The first-order valence-corrected chi connectivity index (χ1v) is 8.00. The standard InChI is InChI=1S/C16H26N2O/c17-12-13-18(15-10-6-7-11-15)16(19)14-8-4-2-1-3-5-9-14/h14-15H,1-11,13H2. The van der Waals surface area contributed by atoms with Crippen LogP contribution in [0.4, 0.5) is 0 Å². The first-order chi connectivity index (χ1) is 9.33. The molecular weight excluding hydrogens is 236 g/mol. The summed E-state index contributed by atoms with van der Waals surface area (Å²) in [6, 6.07) is 2.54. The third-order valence-corrected chi connectivity index (χ3v) is 4.74. The van der Waals surface area contributed by atoms with Gasteiger partial charge in [-0.2, -0.15) is 5.26 Å². The number of hydrogen-bond donors (Lipinski definition) is 0. The van der Waals surface area contributed by atoms with E-state index in [1.54, 1.807) is 0 Å². The summed E-state index contributed by atoms with van der Waals surface area (Å²) in [5.74, 6) is 0.463. The summed E-state index contributed by atoms with van der Waals surface area (Å²) in [4.78, 5) is 14.6. The summed E-state index contributed by atoms with van der Waals surface area (Å²) in [5, 5.41) is 9.00. The van der Waals surface area contributed by atoms with Crippen molar-refractivity contribution in [2.45, 2.75) is 76.7 Å². The number of rotatable bonds is 3. The monoisotopic (exact) mass is 262 g/mol. The van der Waals surface area contributed by atoms with Crippen molar-refractivity contribution >= 4 is 5.91 Å². The Morgan fingerprint density at radius 1 is 0.947 bits per heavy atom. The lowest BCUT2D eigenvalue weighted by Gasteiger charge is -2.31. The summed E-state index contributed by atoms with van der Waals surface area (Å²) in [5.41, 5.74) is 0. The minimum atomic E-state index is 0.189. The Kier molecular flexibility index (Phi) is 5.69. The predicted molar refractivity (Wildman–Crippen MR) is 75.4 cm³/mol. The van der Waals surface area contributed by atoms with Crippen molar-refractivity contribution in [3.8, 4) is 6.07 Å². The van der Waals surface area contributed by atoms with Crippen LogP contribution >= 0.6 is 0 Å². The third kappa shape index (κ3) is 3.96. The van der Waals surface area contributed by atoms with Gasteiger partial charge >= 0.3 is 0 Å². The first kappa shape index (κ1) is 14.4. The van der Waals surface area contributed by atoms with Gasteiger partial charge in [0.25, 0.3) is 0 Å². The lowest BCUT2D eigenvalue weighted by molar-refractivity contribution is -0.137. The molecule has 0 aromatic rings.